The van der Waals surface area contributed by atoms with Crippen LogP contribution >= 0.6 is 0 Å². The molecule has 2 aliphatic rings. The number of allylic oxidation sites excluding steroid dienone is 2. The van der Waals surface area contributed by atoms with Gasteiger partial charge in [-0.15, -0.1) is 0 Å². The number of nitrogens with zero attached hydrogens (tertiary/aromatic N) is 3. The van der Waals surface area contributed by atoms with Crippen molar-refractivity contribution >= 4 is 11.9 Å². The molecule has 2 atom stereocenters. The van der Waals surface area contributed by atoms with Crippen molar-refractivity contribution in [3.05, 3.63) is 18.0 Å². The number of carboxylic acids is 1. The number of carboxylic acid groups (broad SMARTS) is 1. The van der Waals surface area contributed by atoms with Gasteiger partial charge in [0.2, 0.25) is 5.89 Å². The first-order valence-corrected chi connectivity index (χ1v) is 7.22. The second kappa shape index (κ2) is 5.64. The molecule has 6 nitrogen and oxygen atoms in total. The molecule has 1 aliphatic carbocycles. The van der Waals surface area contributed by atoms with Gasteiger partial charge in [-0.05, 0) is 37.3 Å². The van der Waals surface area contributed by atoms with Gasteiger partial charge in [0.05, 0.1) is 11.8 Å². The van der Waals surface area contributed by atoms with Gasteiger partial charge in [-0.25, -0.2) is 0 Å². The summed E-state index contributed by atoms with van der Waals surface area (Å²) < 4.78 is 5.34. The zero-order valence-electron chi connectivity index (χ0n) is 11.4. The SMILES string of the molecule is O=C(O)[C@H]1CC=CC[C@H]1c1nc(N2CCCCC2)no1. The minimum atomic E-state index is -0.794. The Morgan fingerprint density at radius 1 is 1.25 bits per heavy atom. The number of hydrogen-bond acceptors (Lipinski definition) is 5. The number of anilines is 1. The molecule has 1 aromatic rings. The molecule has 1 fully saturated rings. The second-order valence-electron chi connectivity index (χ2n) is 5.47. The second-order valence-corrected chi connectivity index (χ2v) is 5.47. The van der Waals surface area contributed by atoms with E-state index in [2.05, 4.69) is 15.0 Å². The number of hydrogen-bond donors (Lipinski definition) is 1. The van der Waals surface area contributed by atoms with Gasteiger partial charge in [0.25, 0.3) is 5.95 Å². The minimum absolute atomic E-state index is 0.205. The smallest absolute Gasteiger partial charge is 0.307 e. The van der Waals surface area contributed by atoms with Crippen molar-refractivity contribution in [1.82, 2.24) is 10.1 Å². The fourth-order valence-electron chi connectivity index (χ4n) is 2.96. The Balaban J connectivity index is 1.78. The van der Waals surface area contributed by atoms with Gasteiger partial charge in [-0.2, -0.15) is 4.98 Å². The van der Waals surface area contributed by atoms with E-state index in [9.17, 15) is 9.90 Å². The lowest BCUT2D eigenvalue weighted by atomic mass is 9.83. The van der Waals surface area contributed by atoms with Crippen LogP contribution < -0.4 is 4.90 Å². The van der Waals surface area contributed by atoms with Crippen LogP contribution in [0.3, 0.4) is 0 Å². The maximum absolute atomic E-state index is 11.3. The predicted molar refractivity (Wildman–Crippen MR) is 72.6 cm³/mol. The molecule has 0 radical (unpaired) electrons. The first kappa shape index (κ1) is 13.1. The van der Waals surface area contributed by atoms with Gasteiger partial charge in [0, 0.05) is 13.1 Å². The molecule has 0 aromatic carbocycles. The van der Waals surface area contributed by atoms with Crippen LogP contribution in [-0.2, 0) is 4.79 Å². The Morgan fingerprint density at radius 3 is 2.75 bits per heavy atom. The highest BCUT2D eigenvalue weighted by atomic mass is 16.5. The normalized spacial score (nSPS) is 26.7. The highest BCUT2D eigenvalue weighted by Crippen LogP contribution is 2.34. The van der Waals surface area contributed by atoms with Crippen LogP contribution in [-0.4, -0.2) is 34.3 Å². The number of piperidine rings is 1. The third-order valence-corrected chi connectivity index (χ3v) is 4.14. The van der Waals surface area contributed by atoms with Gasteiger partial charge in [0.1, 0.15) is 0 Å². The summed E-state index contributed by atoms with van der Waals surface area (Å²) in [6.07, 6.45) is 8.63. The van der Waals surface area contributed by atoms with Crippen molar-refractivity contribution < 1.29 is 14.4 Å². The summed E-state index contributed by atoms with van der Waals surface area (Å²) in [6, 6.07) is 0. The molecule has 1 saturated heterocycles. The van der Waals surface area contributed by atoms with Crippen molar-refractivity contribution in [3.63, 3.8) is 0 Å². The first-order valence-electron chi connectivity index (χ1n) is 7.22. The molecule has 0 unspecified atom stereocenters. The number of aromatic nitrogens is 2. The summed E-state index contributed by atoms with van der Waals surface area (Å²) in [7, 11) is 0. The van der Waals surface area contributed by atoms with E-state index in [0.29, 0.717) is 24.7 Å². The van der Waals surface area contributed by atoms with Crippen LogP contribution in [0.2, 0.25) is 0 Å². The van der Waals surface area contributed by atoms with Crippen molar-refractivity contribution in [2.45, 2.75) is 38.0 Å². The topological polar surface area (TPSA) is 79.5 Å². The Morgan fingerprint density at radius 2 is 2.00 bits per heavy atom. The van der Waals surface area contributed by atoms with E-state index in [1.165, 1.54) is 6.42 Å². The molecule has 1 N–H and O–H groups in total. The van der Waals surface area contributed by atoms with Crippen LogP contribution in [0.1, 0.15) is 43.9 Å². The monoisotopic (exact) mass is 277 g/mol. The number of rotatable bonds is 3. The molecule has 6 heteroatoms. The van der Waals surface area contributed by atoms with E-state index in [-0.39, 0.29) is 5.92 Å². The third kappa shape index (κ3) is 2.55. The summed E-state index contributed by atoms with van der Waals surface area (Å²) >= 11 is 0. The molecule has 0 bridgehead atoms. The summed E-state index contributed by atoms with van der Waals surface area (Å²) in [5.74, 6) is -0.393. The maximum atomic E-state index is 11.3. The van der Waals surface area contributed by atoms with E-state index in [4.69, 9.17) is 4.52 Å². The standard InChI is InChI=1S/C14H19N3O3/c18-13(19)11-7-3-2-6-10(11)12-15-14(16-20-12)17-8-4-1-5-9-17/h2-3,10-11H,1,4-9H2,(H,18,19)/t10-,11+/m1/s1. The lowest BCUT2D eigenvalue weighted by molar-refractivity contribution is -0.142. The fraction of sp³-hybridized carbons (Fsp3) is 0.643. The Hall–Kier alpha value is -1.85. The number of carbonyl (C=O) groups is 1. The van der Waals surface area contributed by atoms with E-state index in [0.717, 1.165) is 25.9 Å². The highest BCUT2D eigenvalue weighted by molar-refractivity contribution is 5.71. The summed E-state index contributed by atoms with van der Waals surface area (Å²) in [4.78, 5) is 17.9. The Kier molecular flexibility index (Phi) is 3.71. The van der Waals surface area contributed by atoms with Crippen molar-refractivity contribution in [3.8, 4) is 0 Å². The Labute approximate surface area is 117 Å². The van der Waals surface area contributed by atoms with Crippen LogP contribution in [0, 0.1) is 5.92 Å². The van der Waals surface area contributed by atoms with E-state index in [1.807, 2.05) is 12.2 Å². The fourth-order valence-corrected chi connectivity index (χ4v) is 2.96. The third-order valence-electron chi connectivity index (χ3n) is 4.14. The average Bonchev–Trinajstić information content (AvgIpc) is 2.98. The molecule has 0 amide bonds. The molecular formula is C14H19N3O3. The van der Waals surface area contributed by atoms with E-state index < -0.39 is 11.9 Å². The lowest BCUT2D eigenvalue weighted by Crippen LogP contribution is -2.30. The van der Waals surface area contributed by atoms with Gasteiger partial charge in [-0.3, -0.25) is 4.79 Å². The minimum Gasteiger partial charge on any atom is -0.481 e. The van der Waals surface area contributed by atoms with Gasteiger partial charge < -0.3 is 14.5 Å². The summed E-state index contributed by atoms with van der Waals surface area (Å²) in [5, 5.41) is 13.3. The van der Waals surface area contributed by atoms with E-state index >= 15 is 0 Å². The van der Waals surface area contributed by atoms with Crippen LogP contribution in [0.25, 0.3) is 0 Å². The van der Waals surface area contributed by atoms with Crippen LogP contribution in [0.15, 0.2) is 16.7 Å². The summed E-state index contributed by atoms with van der Waals surface area (Å²) in [5.41, 5.74) is 0. The number of aliphatic carboxylic acids is 1. The zero-order chi connectivity index (χ0) is 13.9. The van der Waals surface area contributed by atoms with Gasteiger partial charge in [0.15, 0.2) is 0 Å². The van der Waals surface area contributed by atoms with Gasteiger partial charge in [-0.1, -0.05) is 12.2 Å². The van der Waals surface area contributed by atoms with Crippen molar-refractivity contribution in [2.24, 2.45) is 5.92 Å². The highest BCUT2D eigenvalue weighted by Gasteiger charge is 2.34. The predicted octanol–water partition coefficient (Wildman–Crippen LogP) is 2.19. The summed E-state index contributed by atoms with van der Waals surface area (Å²) in [6.45, 7) is 1.90. The largest absolute Gasteiger partial charge is 0.481 e. The van der Waals surface area contributed by atoms with Crippen LogP contribution in [0.5, 0.6) is 0 Å². The van der Waals surface area contributed by atoms with Crippen molar-refractivity contribution in [1.29, 1.82) is 0 Å². The molecule has 0 saturated carbocycles. The quantitative estimate of drug-likeness (QED) is 0.853. The maximum Gasteiger partial charge on any atom is 0.307 e. The average molecular weight is 277 g/mol. The molecule has 3 rings (SSSR count). The molecule has 2 heterocycles. The van der Waals surface area contributed by atoms with Crippen LogP contribution in [0.4, 0.5) is 5.95 Å². The Bertz CT molecular complexity index is 506. The first-order chi connectivity index (χ1) is 9.75. The molecule has 108 valence electrons. The molecule has 0 spiro atoms. The molecule has 20 heavy (non-hydrogen) atoms. The lowest BCUT2D eigenvalue weighted by Gasteiger charge is -2.24. The van der Waals surface area contributed by atoms with Crippen molar-refractivity contribution in [2.75, 3.05) is 18.0 Å². The zero-order valence-corrected chi connectivity index (χ0v) is 11.4. The molecule has 1 aromatic heterocycles. The molecular weight excluding hydrogens is 258 g/mol. The van der Waals surface area contributed by atoms with E-state index in [1.54, 1.807) is 0 Å². The molecule has 1 aliphatic heterocycles. The van der Waals surface area contributed by atoms with Gasteiger partial charge >= 0.3 is 5.97 Å².